The Balaban J connectivity index is 2.46. The van der Waals surface area contributed by atoms with Crippen molar-refractivity contribution >= 4 is 27.4 Å². The summed E-state index contributed by atoms with van der Waals surface area (Å²) in [6.07, 6.45) is 0.213. The summed E-state index contributed by atoms with van der Waals surface area (Å²) in [4.78, 5) is 12.4. The van der Waals surface area contributed by atoms with E-state index < -0.39 is 5.82 Å². The fourth-order valence-corrected chi connectivity index (χ4v) is 2.21. The van der Waals surface area contributed by atoms with Crippen LogP contribution in [0.5, 0.6) is 0 Å². The molecule has 0 aliphatic heterocycles. The van der Waals surface area contributed by atoms with Crippen LogP contribution in [-0.2, 0) is 6.42 Å². The van der Waals surface area contributed by atoms with E-state index in [0.717, 1.165) is 10.5 Å². The van der Waals surface area contributed by atoms with E-state index in [2.05, 4.69) is 15.9 Å². The van der Waals surface area contributed by atoms with Crippen molar-refractivity contribution < 1.29 is 14.3 Å². The van der Waals surface area contributed by atoms with Crippen LogP contribution >= 0.6 is 15.9 Å². The lowest BCUT2D eigenvalue weighted by molar-refractivity contribution is 0.103. The van der Waals surface area contributed by atoms with Crippen LogP contribution in [0.15, 0.2) is 40.9 Å². The van der Waals surface area contributed by atoms with Gasteiger partial charge in [0.1, 0.15) is 5.82 Å². The van der Waals surface area contributed by atoms with E-state index in [0.29, 0.717) is 11.1 Å². The lowest BCUT2D eigenvalue weighted by Crippen LogP contribution is -2.09. The van der Waals surface area contributed by atoms with Crippen LogP contribution in [0.4, 0.5) is 10.1 Å². The largest absolute Gasteiger partial charge is 0.398 e. The molecular weight excluding hydrogens is 325 g/mol. The van der Waals surface area contributed by atoms with E-state index in [1.165, 1.54) is 6.07 Å². The smallest absolute Gasteiger partial charge is 0.195 e. The molecule has 0 unspecified atom stereocenters. The number of rotatable bonds is 4. The fraction of sp³-hybridized carbons (Fsp3) is 0.133. The summed E-state index contributed by atoms with van der Waals surface area (Å²) in [6, 6.07) is 9.12. The van der Waals surface area contributed by atoms with Gasteiger partial charge in [0.2, 0.25) is 0 Å². The summed E-state index contributed by atoms with van der Waals surface area (Å²) in [6.45, 7) is -0.153. The molecule has 0 spiro atoms. The van der Waals surface area contributed by atoms with Crippen LogP contribution in [0.2, 0.25) is 0 Å². The van der Waals surface area contributed by atoms with E-state index in [1.54, 1.807) is 24.3 Å². The average molecular weight is 338 g/mol. The summed E-state index contributed by atoms with van der Waals surface area (Å²) in [5.41, 5.74) is 7.10. The van der Waals surface area contributed by atoms with Crippen molar-refractivity contribution in [2.45, 2.75) is 6.42 Å². The van der Waals surface area contributed by atoms with Crippen molar-refractivity contribution in [3.05, 3.63) is 63.4 Å². The molecule has 0 aliphatic rings. The van der Waals surface area contributed by atoms with E-state index >= 15 is 0 Å². The second kappa shape index (κ2) is 6.15. The van der Waals surface area contributed by atoms with Crippen LogP contribution in [-0.4, -0.2) is 17.5 Å². The van der Waals surface area contributed by atoms with E-state index in [-0.39, 0.29) is 30.1 Å². The van der Waals surface area contributed by atoms with Gasteiger partial charge in [-0.15, -0.1) is 0 Å². The highest BCUT2D eigenvalue weighted by Gasteiger charge is 2.16. The Labute approximate surface area is 124 Å². The predicted octanol–water partition coefficient (Wildman–Crippen LogP) is 2.94. The van der Waals surface area contributed by atoms with E-state index in [9.17, 15) is 9.18 Å². The Morgan fingerprint density at radius 3 is 2.50 bits per heavy atom. The topological polar surface area (TPSA) is 63.3 Å². The maximum absolute atomic E-state index is 13.6. The molecule has 2 aromatic carbocycles. The first kappa shape index (κ1) is 14.7. The van der Waals surface area contributed by atoms with E-state index in [4.69, 9.17) is 10.8 Å². The highest BCUT2D eigenvalue weighted by molar-refractivity contribution is 9.10. The number of hydrogen-bond donors (Lipinski definition) is 2. The molecule has 5 heteroatoms. The molecule has 0 saturated carbocycles. The Bertz CT molecular complexity index is 641. The molecular formula is C15H13BrFNO2. The van der Waals surface area contributed by atoms with Crippen LogP contribution in [0.25, 0.3) is 0 Å². The first-order valence-electron chi connectivity index (χ1n) is 6.02. The quantitative estimate of drug-likeness (QED) is 0.666. The zero-order valence-corrected chi connectivity index (χ0v) is 12.2. The number of nitrogen functional groups attached to an aromatic ring is 1. The number of anilines is 1. The van der Waals surface area contributed by atoms with Gasteiger partial charge in [0, 0.05) is 27.9 Å². The van der Waals surface area contributed by atoms with E-state index in [1.807, 2.05) is 0 Å². The lowest BCUT2D eigenvalue weighted by Gasteiger charge is -2.10. The molecule has 0 amide bonds. The molecule has 0 bridgehead atoms. The predicted molar refractivity (Wildman–Crippen MR) is 79.2 cm³/mol. The summed E-state index contributed by atoms with van der Waals surface area (Å²) < 4.78 is 14.4. The maximum atomic E-state index is 13.6. The standard InChI is InChI=1S/C15H13BrFNO2/c16-11-3-1-9(2-4-11)15(20)13-8-12(17)7-10(5-6-19)14(13)18/h1-4,7-8,19H,5-6,18H2. The number of aliphatic hydroxyl groups excluding tert-OH is 1. The van der Waals surface area contributed by atoms with Crippen LogP contribution in [0.1, 0.15) is 21.5 Å². The molecule has 3 N–H and O–H groups in total. The second-order valence-corrected chi connectivity index (χ2v) is 5.25. The number of nitrogens with two attached hydrogens (primary N) is 1. The zero-order chi connectivity index (χ0) is 14.7. The average Bonchev–Trinajstić information content (AvgIpc) is 2.43. The molecule has 20 heavy (non-hydrogen) atoms. The van der Waals surface area contributed by atoms with Crippen molar-refractivity contribution in [2.24, 2.45) is 0 Å². The van der Waals surface area contributed by atoms with Gasteiger partial charge in [-0.3, -0.25) is 4.79 Å². The first-order valence-corrected chi connectivity index (χ1v) is 6.81. The third-order valence-corrected chi connectivity index (χ3v) is 3.49. The molecule has 0 aromatic heterocycles. The molecule has 2 rings (SSSR count). The minimum absolute atomic E-state index is 0.121. The van der Waals surface area contributed by atoms with Gasteiger partial charge < -0.3 is 10.8 Å². The number of carbonyl (C=O) groups excluding carboxylic acids is 1. The van der Waals surface area contributed by atoms with Gasteiger partial charge in [-0.25, -0.2) is 4.39 Å². The molecule has 0 radical (unpaired) electrons. The Kier molecular flexibility index (Phi) is 4.52. The Morgan fingerprint density at radius 2 is 1.90 bits per heavy atom. The van der Waals surface area contributed by atoms with Crippen LogP contribution in [0, 0.1) is 5.82 Å². The molecule has 3 nitrogen and oxygen atoms in total. The Hall–Kier alpha value is -1.72. The first-order chi connectivity index (χ1) is 9.52. The van der Waals surface area contributed by atoms with Gasteiger partial charge in [-0.2, -0.15) is 0 Å². The van der Waals surface area contributed by atoms with Crippen LogP contribution in [0.3, 0.4) is 0 Å². The number of hydrogen-bond acceptors (Lipinski definition) is 3. The third kappa shape index (κ3) is 3.05. The highest BCUT2D eigenvalue weighted by Crippen LogP contribution is 2.24. The van der Waals surface area contributed by atoms with Crippen molar-refractivity contribution in [3.63, 3.8) is 0 Å². The summed E-state index contributed by atoms with van der Waals surface area (Å²) in [5, 5.41) is 8.94. The minimum atomic E-state index is -0.539. The number of aliphatic hydroxyl groups is 1. The van der Waals surface area contributed by atoms with Crippen molar-refractivity contribution in [3.8, 4) is 0 Å². The minimum Gasteiger partial charge on any atom is -0.398 e. The van der Waals surface area contributed by atoms with Gasteiger partial charge in [-0.1, -0.05) is 15.9 Å². The van der Waals surface area contributed by atoms with Crippen molar-refractivity contribution in [1.29, 1.82) is 0 Å². The Morgan fingerprint density at radius 1 is 1.25 bits per heavy atom. The number of benzene rings is 2. The molecule has 0 heterocycles. The molecule has 2 aromatic rings. The molecule has 104 valence electrons. The number of ketones is 1. The van der Waals surface area contributed by atoms with Crippen molar-refractivity contribution in [1.82, 2.24) is 0 Å². The third-order valence-electron chi connectivity index (χ3n) is 2.96. The normalized spacial score (nSPS) is 10.6. The summed E-state index contributed by atoms with van der Waals surface area (Å²) in [7, 11) is 0. The highest BCUT2D eigenvalue weighted by atomic mass is 79.9. The SMILES string of the molecule is Nc1c(CCO)cc(F)cc1C(=O)c1ccc(Br)cc1. The molecule has 0 saturated heterocycles. The monoisotopic (exact) mass is 337 g/mol. The molecule has 0 fully saturated rings. The summed E-state index contributed by atoms with van der Waals surface area (Å²) in [5.74, 6) is -0.878. The number of halogens is 2. The van der Waals surface area contributed by atoms with Gasteiger partial charge in [0.25, 0.3) is 0 Å². The maximum Gasteiger partial charge on any atom is 0.195 e. The van der Waals surface area contributed by atoms with Crippen LogP contribution < -0.4 is 5.73 Å². The van der Waals surface area contributed by atoms with Gasteiger partial charge in [-0.05, 0) is 48.4 Å². The van der Waals surface area contributed by atoms with Gasteiger partial charge in [0.05, 0.1) is 0 Å². The number of carbonyl (C=O) groups is 1. The summed E-state index contributed by atoms with van der Waals surface area (Å²) >= 11 is 3.29. The lowest BCUT2D eigenvalue weighted by atomic mass is 9.97. The van der Waals surface area contributed by atoms with Gasteiger partial charge in [0.15, 0.2) is 5.78 Å². The molecule has 0 atom stereocenters. The molecule has 0 aliphatic carbocycles. The zero-order valence-electron chi connectivity index (χ0n) is 10.6. The van der Waals surface area contributed by atoms with Crippen molar-refractivity contribution in [2.75, 3.05) is 12.3 Å². The fourth-order valence-electron chi connectivity index (χ4n) is 1.95. The van der Waals surface area contributed by atoms with Gasteiger partial charge >= 0.3 is 0 Å². The second-order valence-electron chi connectivity index (χ2n) is 4.34.